The molecule has 148 valence electrons. The average Bonchev–Trinajstić information content (AvgIpc) is 3.33. The molecule has 2 aromatic carbocycles. The van der Waals surface area contributed by atoms with Gasteiger partial charge in [0.05, 0.1) is 6.42 Å². The van der Waals surface area contributed by atoms with E-state index in [2.05, 4.69) is 24.3 Å². The normalized spacial score (nSPS) is 14.7. The summed E-state index contributed by atoms with van der Waals surface area (Å²) < 4.78 is 5.72. The molecular weight excluding hydrogens is 386 g/mol. The highest BCUT2D eigenvalue weighted by molar-refractivity contribution is 7.10. The second kappa shape index (κ2) is 8.19. The number of benzene rings is 2. The Morgan fingerprint density at radius 3 is 2.17 bits per heavy atom. The fraction of sp³-hybridized carbons (Fsp3) is 0.217. The number of nitrogens with two attached hydrogens (primary N) is 1. The Morgan fingerprint density at radius 1 is 1.00 bits per heavy atom. The maximum absolute atomic E-state index is 13.0. The van der Waals surface area contributed by atoms with Crippen molar-refractivity contribution in [2.45, 2.75) is 24.3 Å². The van der Waals surface area contributed by atoms with E-state index in [-0.39, 0.29) is 18.9 Å². The number of carbonyl (C=O) groups is 2. The van der Waals surface area contributed by atoms with Gasteiger partial charge in [0, 0.05) is 16.8 Å². The molecule has 0 fully saturated rings. The highest BCUT2D eigenvalue weighted by atomic mass is 32.1. The van der Waals surface area contributed by atoms with Gasteiger partial charge in [-0.2, -0.15) is 0 Å². The Balaban J connectivity index is 1.56. The van der Waals surface area contributed by atoms with Gasteiger partial charge in [-0.05, 0) is 33.7 Å². The van der Waals surface area contributed by atoms with Gasteiger partial charge < -0.3 is 15.6 Å². The Morgan fingerprint density at radius 2 is 1.62 bits per heavy atom. The lowest BCUT2D eigenvalue weighted by atomic mass is 9.95. The Labute approximate surface area is 172 Å². The van der Waals surface area contributed by atoms with Crippen LogP contribution in [0.15, 0.2) is 66.0 Å². The van der Waals surface area contributed by atoms with E-state index in [0.29, 0.717) is 0 Å². The molecule has 0 bridgehead atoms. The van der Waals surface area contributed by atoms with Crippen LogP contribution >= 0.6 is 11.3 Å². The van der Waals surface area contributed by atoms with E-state index >= 15 is 0 Å². The van der Waals surface area contributed by atoms with Crippen molar-refractivity contribution in [2.24, 2.45) is 5.73 Å². The number of fused-ring (bicyclic) bond motifs is 3. The number of hydrogen-bond donors (Lipinski definition) is 2. The smallest absolute Gasteiger partial charge is 0.315 e. The first-order chi connectivity index (χ1) is 14.1. The Bertz CT molecular complexity index is 985. The molecule has 2 atom stereocenters. The molecule has 1 unspecified atom stereocenters. The Hall–Kier alpha value is -2.96. The quantitative estimate of drug-likeness (QED) is 0.578. The second-order valence-corrected chi connectivity index (χ2v) is 8.09. The molecule has 1 aromatic heterocycles. The van der Waals surface area contributed by atoms with Crippen molar-refractivity contribution in [3.05, 3.63) is 82.0 Å². The minimum absolute atomic E-state index is 0.0500. The van der Waals surface area contributed by atoms with E-state index in [1.807, 2.05) is 35.7 Å². The number of esters is 1. The zero-order valence-electron chi connectivity index (χ0n) is 15.7. The highest BCUT2D eigenvalue weighted by Crippen LogP contribution is 2.44. The van der Waals surface area contributed by atoms with Crippen molar-refractivity contribution in [3.63, 3.8) is 0 Å². The third-order valence-corrected chi connectivity index (χ3v) is 6.25. The van der Waals surface area contributed by atoms with Gasteiger partial charge in [0.2, 0.25) is 0 Å². The summed E-state index contributed by atoms with van der Waals surface area (Å²) in [6.45, 7) is 0.189. The van der Waals surface area contributed by atoms with Gasteiger partial charge in [0.1, 0.15) is 12.5 Å². The summed E-state index contributed by atoms with van der Waals surface area (Å²) in [5, 5.41) is 10.9. The maximum Gasteiger partial charge on any atom is 0.315 e. The molecule has 0 aliphatic heterocycles. The number of rotatable bonds is 7. The molecule has 0 radical (unpaired) electrons. The van der Waals surface area contributed by atoms with Crippen LogP contribution < -0.4 is 5.73 Å². The molecule has 0 saturated carbocycles. The van der Waals surface area contributed by atoms with Gasteiger partial charge in [-0.1, -0.05) is 54.6 Å². The van der Waals surface area contributed by atoms with Crippen LogP contribution in [0.4, 0.5) is 0 Å². The first-order valence-electron chi connectivity index (χ1n) is 9.42. The monoisotopic (exact) mass is 407 g/mol. The zero-order valence-corrected chi connectivity index (χ0v) is 16.5. The molecule has 1 aliphatic rings. The van der Waals surface area contributed by atoms with Crippen LogP contribution in [0.1, 0.15) is 34.3 Å². The lowest BCUT2D eigenvalue weighted by molar-refractivity contribution is -0.146. The van der Waals surface area contributed by atoms with Crippen LogP contribution in [0.3, 0.4) is 0 Å². The van der Waals surface area contributed by atoms with Crippen LogP contribution in [0.5, 0.6) is 0 Å². The van der Waals surface area contributed by atoms with E-state index in [1.54, 1.807) is 6.07 Å². The summed E-state index contributed by atoms with van der Waals surface area (Å²) in [4.78, 5) is 24.8. The number of carboxylic acid groups (broad SMARTS) is 1. The van der Waals surface area contributed by atoms with E-state index in [4.69, 9.17) is 15.6 Å². The highest BCUT2D eigenvalue weighted by Gasteiger charge is 2.34. The summed E-state index contributed by atoms with van der Waals surface area (Å²) in [5.41, 5.74) is 10.6. The van der Waals surface area contributed by atoms with Crippen molar-refractivity contribution in [1.29, 1.82) is 0 Å². The molecule has 29 heavy (non-hydrogen) atoms. The fourth-order valence-corrected chi connectivity index (χ4v) is 4.87. The van der Waals surface area contributed by atoms with Gasteiger partial charge in [0.15, 0.2) is 0 Å². The van der Waals surface area contributed by atoms with E-state index in [9.17, 15) is 9.59 Å². The summed E-state index contributed by atoms with van der Waals surface area (Å²) in [6.07, 6.45) is -0.299. The SMILES string of the molecule is N[C@@H](CC(=O)O)C(C(=O)OCC1c2ccccc2-c2ccccc21)c1cccs1. The average molecular weight is 407 g/mol. The number of aliphatic carboxylic acids is 1. The molecule has 3 aromatic rings. The van der Waals surface area contributed by atoms with Crippen molar-refractivity contribution in [1.82, 2.24) is 0 Å². The van der Waals surface area contributed by atoms with Crippen LogP contribution in [0.25, 0.3) is 11.1 Å². The number of ether oxygens (including phenoxy) is 1. The molecule has 0 amide bonds. The number of carbonyl (C=O) groups excluding carboxylic acids is 1. The molecule has 5 nitrogen and oxygen atoms in total. The summed E-state index contributed by atoms with van der Waals surface area (Å²) in [5.74, 6) is -2.36. The second-order valence-electron chi connectivity index (χ2n) is 7.11. The summed E-state index contributed by atoms with van der Waals surface area (Å²) in [7, 11) is 0. The fourth-order valence-electron chi connectivity index (χ4n) is 3.98. The topological polar surface area (TPSA) is 89.6 Å². The third-order valence-electron chi connectivity index (χ3n) is 5.30. The van der Waals surface area contributed by atoms with E-state index < -0.39 is 23.9 Å². The minimum Gasteiger partial charge on any atom is -0.481 e. The van der Waals surface area contributed by atoms with Gasteiger partial charge in [-0.15, -0.1) is 11.3 Å². The standard InChI is InChI=1S/C23H21NO4S/c24-19(12-21(25)26)22(20-10-5-11-29-20)23(27)28-13-18-16-8-3-1-6-14(16)15-7-2-4-9-17(15)18/h1-11,18-19,22H,12-13,24H2,(H,25,26)/t19-,22?/m0/s1. The predicted molar refractivity (Wildman–Crippen MR) is 112 cm³/mol. The molecule has 3 N–H and O–H groups in total. The van der Waals surface area contributed by atoms with Crippen LogP contribution in [-0.4, -0.2) is 29.7 Å². The van der Waals surface area contributed by atoms with Crippen molar-refractivity contribution in [3.8, 4) is 11.1 Å². The maximum atomic E-state index is 13.0. The van der Waals surface area contributed by atoms with Gasteiger partial charge in [-0.3, -0.25) is 9.59 Å². The van der Waals surface area contributed by atoms with Crippen molar-refractivity contribution < 1.29 is 19.4 Å². The lowest BCUT2D eigenvalue weighted by Gasteiger charge is -2.22. The predicted octanol–water partition coefficient (Wildman–Crippen LogP) is 3.99. The molecule has 1 heterocycles. The van der Waals surface area contributed by atoms with Gasteiger partial charge >= 0.3 is 11.9 Å². The largest absolute Gasteiger partial charge is 0.481 e. The lowest BCUT2D eigenvalue weighted by Crippen LogP contribution is -2.36. The summed E-state index contributed by atoms with van der Waals surface area (Å²) >= 11 is 1.38. The van der Waals surface area contributed by atoms with Crippen LogP contribution in [0, 0.1) is 0 Å². The molecule has 6 heteroatoms. The first kappa shape index (κ1) is 19.4. The van der Waals surface area contributed by atoms with Crippen molar-refractivity contribution >= 4 is 23.3 Å². The van der Waals surface area contributed by atoms with Crippen LogP contribution in [0.2, 0.25) is 0 Å². The third kappa shape index (κ3) is 3.81. The van der Waals surface area contributed by atoms with Gasteiger partial charge in [0.25, 0.3) is 0 Å². The number of thiophene rings is 1. The van der Waals surface area contributed by atoms with Crippen LogP contribution in [-0.2, 0) is 14.3 Å². The van der Waals surface area contributed by atoms with E-state index in [0.717, 1.165) is 27.1 Å². The van der Waals surface area contributed by atoms with Gasteiger partial charge in [-0.25, -0.2) is 0 Å². The molecule has 0 saturated heterocycles. The molecule has 0 spiro atoms. The summed E-state index contributed by atoms with van der Waals surface area (Å²) in [6, 6.07) is 19.0. The zero-order chi connectivity index (χ0) is 20.4. The van der Waals surface area contributed by atoms with E-state index in [1.165, 1.54) is 11.3 Å². The molecule has 4 rings (SSSR count). The Kier molecular flexibility index (Phi) is 5.47. The number of hydrogen-bond acceptors (Lipinski definition) is 5. The number of carboxylic acids is 1. The first-order valence-corrected chi connectivity index (χ1v) is 10.3. The molecule has 1 aliphatic carbocycles. The minimum atomic E-state index is -1.04. The van der Waals surface area contributed by atoms with Crippen molar-refractivity contribution in [2.75, 3.05) is 6.61 Å². The molecular formula is C23H21NO4S.